The van der Waals surface area contributed by atoms with Crippen LogP contribution in [0.3, 0.4) is 0 Å². The van der Waals surface area contributed by atoms with Crippen LogP contribution in [-0.2, 0) is 0 Å². The molecule has 2 aliphatic rings. The van der Waals surface area contributed by atoms with Crippen molar-refractivity contribution in [1.82, 2.24) is 4.90 Å². The number of piperidine rings is 1. The molecule has 0 aromatic carbocycles. The molecule has 0 spiro atoms. The fourth-order valence-corrected chi connectivity index (χ4v) is 3.47. The first-order valence-electron chi connectivity index (χ1n) is 7.00. The van der Waals surface area contributed by atoms with Gasteiger partial charge < -0.3 is 0 Å². The normalized spacial score (nSPS) is 33.9. The van der Waals surface area contributed by atoms with Crippen molar-refractivity contribution in [2.24, 2.45) is 5.92 Å². The summed E-state index contributed by atoms with van der Waals surface area (Å²) in [4.78, 5) is 2.71. The maximum Gasteiger partial charge on any atom is 0.0657 e. The minimum Gasteiger partial charge on any atom is -0.297 e. The third-order valence-corrected chi connectivity index (χ3v) is 4.34. The molecule has 16 heavy (non-hydrogen) atoms. The Morgan fingerprint density at radius 1 is 1.12 bits per heavy atom. The van der Waals surface area contributed by atoms with Gasteiger partial charge in [-0.25, -0.2) is 0 Å². The van der Waals surface area contributed by atoms with Crippen LogP contribution < -0.4 is 0 Å². The molecule has 2 atom stereocenters. The van der Waals surface area contributed by atoms with Crippen LogP contribution in [0.1, 0.15) is 58.3 Å². The first kappa shape index (κ1) is 11.9. The van der Waals surface area contributed by atoms with Crippen LogP contribution >= 0.6 is 0 Å². The van der Waals surface area contributed by atoms with Crippen LogP contribution in [0.25, 0.3) is 0 Å². The lowest BCUT2D eigenvalue weighted by atomic mass is 9.92. The predicted molar refractivity (Wildman–Crippen MR) is 66.0 cm³/mol. The molecular weight excluding hydrogens is 196 g/mol. The summed E-state index contributed by atoms with van der Waals surface area (Å²) in [6.45, 7) is 3.55. The largest absolute Gasteiger partial charge is 0.297 e. The topological polar surface area (TPSA) is 27.0 Å². The molecule has 2 heteroatoms. The highest BCUT2D eigenvalue weighted by atomic mass is 15.2. The number of fused-ring (bicyclic) bond motifs is 2. The molecule has 0 N–H and O–H groups in total. The number of unbranched alkanes of at least 4 members (excludes halogenated alkanes) is 3. The van der Waals surface area contributed by atoms with Gasteiger partial charge in [-0.2, -0.15) is 5.26 Å². The molecule has 2 fully saturated rings. The Bertz CT molecular complexity index is 242. The van der Waals surface area contributed by atoms with Gasteiger partial charge in [0.05, 0.1) is 6.07 Å². The molecule has 0 aliphatic carbocycles. The third kappa shape index (κ3) is 2.58. The molecule has 0 saturated carbocycles. The SMILES string of the molecule is CCCCCCN1C2CCC1CC(C#N)C2. The molecule has 2 bridgehead atoms. The van der Waals surface area contributed by atoms with Crippen molar-refractivity contribution in [2.75, 3.05) is 6.54 Å². The summed E-state index contributed by atoms with van der Waals surface area (Å²) in [5, 5.41) is 9.02. The Labute approximate surface area is 99.6 Å². The summed E-state index contributed by atoms with van der Waals surface area (Å²) >= 11 is 0. The summed E-state index contributed by atoms with van der Waals surface area (Å²) in [5.74, 6) is 0.351. The van der Waals surface area contributed by atoms with Crippen molar-refractivity contribution in [1.29, 1.82) is 5.26 Å². The predicted octanol–water partition coefficient (Wildman–Crippen LogP) is 3.33. The summed E-state index contributed by atoms with van der Waals surface area (Å²) in [5.41, 5.74) is 0. The van der Waals surface area contributed by atoms with Crippen molar-refractivity contribution in [2.45, 2.75) is 70.4 Å². The molecule has 2 nitrogen and oxygen atoms in total. The highest BCUT2D eigenvalue weighted by Gasteiger charge is 2.39. The average Bonchev–Trinajstić information content (AvgIpc) is 2.55. The Hall–Kier alpha value is -0.550. The minimum absolute atomic E-state index is 0.351. The number of nitrogens with zero attached hydrogens (tertiary/aromatic N) is 2. The molecule has 0 aromatic heterocycles. The lowest BCUT2D eigenvalue weighted by molar-refractivity contribution is 0.118. The van der Waals surface area contributed by atoms with Crippen LogP contribution in [0.15, 0.2) is 0 Å². The second-order valence-electron chi connectivity index (χ2n) is 5.48. The summed E-state index contributed by atoms with van der Waals surface area (Å²) in [6.07, 6.45) is 10.4. The van der Waals surface area contributed by atoms with Crippen LogP contribution in [0, 0.1) is 17.2 Å². The Morgan fingerprint density at radius 2 is 1.81 bits per heavy atom. The van der Waals surface area contributed by atoms with Gasteiger partial charge in [-0.15, -0.1) is 0 Å². The van der Waals surface area contributed by atoms with Crippen molar-refractivity contribution >= 4 is 0 Å². The number of rotatable bonds is 5. The van der Waals surface area contributed by atoms with E-state index in [4.69, 9.17) is 5.26 Å². The molecule has 0 aromatic rings. The molecule has 2 unspecified atom stereocenters. The molecule has 90 valence electrons. The van der Waals surface area contributed by atoms with Gasteiger partial charge in [-0.05, 0) is 38.6 Å². The second-order valence-corrected chi connectivity index (χ2v) is 5.48. The van der Waals surface area contributed by atoms with Crippen molar-refractivity contribution < 1.29 is 0 Å². The van der Waals surface area contributed by atoms with E-state index in [-0.39, 0.29) is 0 Å². The van der Waals surface area contributed by atoms with E-state index in [9.17, 15) is 0 Å². The molecule has 2 aliphatic heterocycles. The second kappa shape index (κ2) is 5.68. The molecule has 0 radical (unpaired) electrons. The van der Waals surface area contributed by atoms with E-state index in [2.05, 4.69) is 17.9 Å². The van der Waals surface area contributed by atoms with Crippen LogP contribution in [0.4, 0.5) is 0 Å². The van der Waals surface area contributed by atoms with Crippen LogP contribution in [0.2, 0.25) is 0 Å². The van der Waals surface area contributed by atoms with Gasteiger partial charge >= 0.3 is 0 Å². The standard InChI is InChI=1S/C14H24N2/c1-2-3-4-5-8-16-13-6-7-14(16)10-12(9-13)11-15/h12-14H,2-10H2,1H3. The fourth-order valence-electron chi connectivity index (χ4n) is 3.47. The average molecular weight is 220 g/mol. The van der Waals surface area contributed by atoms with Crippen molar-refractivity contribution in [3.8, 4) is 6.07 Å². The lowest BCUT2D eigenvalue weighted by Crippen LogP contribution is -2.43. The van der Waals surface area contributed by atoms with E-state index in [0.717, 1.165) is 24.9 Å². The molecule has 2 rings (SSSR count). The van der Waals surface area contributed by atoms with Gasteiger partial charge in [0.15, 0.2) is 0 Å². The highest BCUT2D eigenvalue weighted by molar-refractivity contribution is 5.00. The number of hydrogen-bond acceptors (Lipinski definition) is 2. The first-order valence-corrected chi connectivity index (χ1v) is 7.00. The molecular formula is C14H24N2. The smallest absolute Gasteiger partial charge is 0.0657 e. The maximum atomic E-state index is 9.02. The van der Waals surface area contributed by atoms with Crippen LogP contribution in [-0.4, -0.2) is 23.5 Å². The van der Waals surface area contributed by atoms with Gasteiger partial charge in [-0.3, -0.25) is 4.90 Å². The zero-order chi connectivity index (χ0) is 11.4. The lowest BCUT2D eigenvalue weighted by Gasteiger charge is -2.36. The monoisotopic (exact) mass is 220 g/mol. The maximum absolute atomic E-state index is 9.02. The van der Waals surface area contributed by atoms with E-state index in [1.54, 1.807) is 0 Å². The summed E-state index contributed by atoms with van der Waals surface area (Å²) in [6, 6.07) is 3.96. The minimum atomic E-state index is 0.351. The number of hydrogen-bond donors (Lipinski definition) is 0. The van der Waals surface area contributed by atoms with Gasteiger partial charge in [0.1, 0.15) is 0 Å². The van der Waals surface area contributed by atoms with Gasteiger partial charge in [0.25, 0.3) is 0 Å². The number of nitriles is 1. The summed E-state index contributed by atoms with van der Waals surface area (Å²) in [7, 11) is 0. The fraction of sp³-hybridized carbons (Fsp3) is 0.929. The Kier molecular flexibility index (Phi) is 4.23. The highest BCUT2D eigenvalue weighted by Crippen LogP contribution is 2.38. The molecule has 0 amide bonds. The van der Waals surface area contributed by atoms with Gasteiger partial charge in [0, 0.05) is 18.0 Å². The zero-order valence-electron chi connectivity index (χ0n) is 10.5. The summed E-state index contributed by atoms with van der Waals surface area (Å²) < 4.78 is 0. The first-order chi connectivity index (χ1) is 7.85. The van der Waals surface area contributed by atoms with Crippen molar-refractivity contribution in [3.63, 3.8) is 0 Å². The van der Waals surface area contributed by atoms with Gasteiger partial charge in [-0.1, -0.05) is 26.2 Å². The Balaban J connectivity index is 1.77. The van der Waals surface area contributed by atoms with E-state index in [1.165, 1.54) is 45.1 Å². The van der Waals surface area contributed by atoms with E-state index >= 15 is 0 Å². The Morgan fingerprint density at radius 3 is 2.38 bits per heavy atom. The van der Waals surface area contributed by atoms with E-state index < -0.39 is 0 Å². The van der Waals surface area contributed by atoms with Crippen LogP contribution in [0.5, 0.6) is 0 Å². The van der Waals surface area contributed by atoms with E-state index in [0.29, 0.717) is 5.92 Å². The molecule has 2 saturated heterocycles. The molecule has 2 heterocycles. The van der Waals surface area contributed by atoms with Crippen molar-refractivity contribution in [3.05, 3.63) is 0 Å². The third-order valence-electron chi connectivity index (χ3n) is 4.34. The quantitative estimate of drug-likeness (QED) is 0.664. The zero-order valence-corrected chi connectivity index (χ0v) is 10.5. The van der Waals surface area contributed by atoms with Gasteiger partial charge in [0.2, 0.25) is 0 Å². The van der Waals surface area contributed by atoms with E-state index in [1.807, 2.05) is 0 Å².